The molecule has 0 aliphatic rings. The first-order valence-corrected chi connectivity index (χ1v) is 6.85. The lowest BCUT2D eigenvalue weighted by molar-refractivity contribution is 0.185. The van der Waals surface area contributed by atoms with E-state index in [9.17, 15) is 0 Å². The highest BCUT2D eigenvalue weighted by Crippen LogP contribution is 2.06. The minimum Gasteiger partial charge on any atom is -0.380 e. The fourth-order valence-corrected chi connectivity index (χ4v) is 1.71. The van der Waals surface area contributed by atoms with Crippen molar-refractivity contribution < 1.29 is 4.74 Å². The summed E-state index contributed by atoms with van der Waals surface area (Å²) in [6.07, 6.45) is 2.14. The van der Waals surface area contributed by atoms with Crippen LogP contribution in [0.5, 0.6) is 0 Å². The Kier molecular flexibility index (Phi) is 6.53. The highest BCUT2D eigenvalue weighted by atomic mass is 32.2. The van der Waals surface area contributed by atoms with Gasteiger partial charge in [-0.1, -0.05) is 31.2 Å². The minimum atomic E-state index is 0.674. The molecule has 0 fully saturated rings. The Bertz CT molecular complexity index is 286. The monoisotopic (exact) mass is 239 g/mol. The van der Waals surface area contributed by atoms with Gasteiger partial charge in [-0.2, -0.15) is 11.8 Å². The SMILES string of the molecule is COCc1ccc(CNCC(C)SC)cc1. The van der Waals surface area contributed by atoms with Gasteiger partial charge in [0.2, 0.25) is 0 Å². The first-order valence-electron chi connectivity index (χ1n) is 5.56. The van der Waals surface area contributed by atoms with Gasteiger partial charge >= 0.3 is 0 Å². The van der Waals surface area contributed by atoms with Crippen LogP contribution in [0.15, 0.2) is 24.3 Å². The maximum absolute atomic E-state index is 5.08. The van der Waals surface area contributed by atoms with Gasteiger partial charge in [0.25, 0.3) is 0 Å². The van der Waals surface area contributed by atoms with Crippen molar-refractivity contribution >= 4 is 11.8 Å². The maximum atomic E-state index is 5.08. The summed E-state index contributed by atoms with van der Waals surface area (Å²) in [5.41, 5.74) is 2.55. The summed E-state index contributed by atoms with van der Waals surface area (Å²) in [4.78, 5) is 0. The average Bonchev–Trinajstić information content (AvgIpc) is 2.31. The quantitative estimate of drug-likeness (QED) is 0.790. The molecule has 0 aliphatic carbocycles. The van der Waals surface area contributed by atoms with Crippen molar-refractivity contribution in [2.24, 2.45) is 0 Å². The predicted octanol–water partition coefficient (Wildman–Crippen LogP) is 2.67. The Morgan fingerprint density at radius 3 is 2.44 bits per heavy atom. The number of methoxy groups -OCH3 is 1. The lowest BCUT2D eigenvalue weighted by atomic mass is 10.1. The second-order valence-electron chi connectivity index (χ2n) is 3.93. The Labute approximate surface area is 103 Å². The molecule has 0 heterocycles. The highest BCUT2D eigenvalue weighted by molar-refractivity contribution is 7.99. The minimum absolute atomic E-state index is 0.674. The lowest BCUT2D eigenvalue weighted by Gasteiger charge is -2.10. The van der Waals surface area contributed by atoms with Crippen molar-refractivity contribution in [1.82, 2.24) is 5.32 Å². The van der Waals surface area contributed by atoms with Gasteiger partial charge < -0.3 is 10.1 Å². The van der Waals surface area contributed by atoms with Crippen LogP contribution in [0.3, 0.4) is 0 Å². The third-order valence-corrected chi connectivity index (χ3v) is 3.47. The van der Waals surface area contributed by atoms with E-state index in [-0.39, 0.29) is 0 Å². The van der Waals surface area contributed by atoms with Crippen molar-refractivity contribution in [2.75, 3.05) is 19.9 Å². The van der Waals surface area contributed by atoms with Crippen LogP contribution in [0.4, 0.5) is 0 Å². The first-order chi connectivity index (χ1) is 7.76. The summed E-state index contributed by atoms with van der Waals surface area (Å²) in [7, 11) is 1.72. The van der Waals surface area contributed by atoms with Crippen LogP contribution >= 0.6 is 11.8 Å². The van der Waals surface area contributed by atoms with Crippen LogP contribution in [0, 0.1) is 0 Å². The van der Waals surface area contributed by atoms with Gasteiger partial charge in [0.1, 0.15) is 0 Å². The van der Waals surface area contributed by atoms with Gasteiger partial charge in [-0.05, 0) is 17.4 Å². The third-order valence-electron chi connectivity index (χ3n) is 2.50. The molecule has 2 nitrogen and oxygen atoms in total. The van der Waals surface area contributed by atoms with Gasteiger partial charge in [-0.15, -0.1) is 0 Å². The molecule has 0 aliphatic heterocycles. The molecule has 1 atom stereocenters. The molecule has 0 aromatic heterocycles. The molecule has 0 spiro atoms. The molecule has 3 heteroatoms. The van der Waals surface area contributed by atoms with E-state index in [1.54, 1.807) is 7.11 Å². The number of rotatable bonds is 7. The molecular weight excluding hydrogens is 218 g/mol. The molecule has 0 radical (unpaired) electrons. The van der Waals surface area contributed by atoms with Gasteiger partial charge in [-0.3, -0.25) is 0 Å². The molecule has 1 aromatic rings. The van der Waals surface area contributed by atoms with E-state index < -0.39 is 0 Å². The molecular formula is C13H21NOS. The second-order valence-corrected chi connectivity index (χ2v) is 5.20. The van der Waals surface area contributed by atoms with E-state index in [2.05, 4.69) is 42.8 Å². The zero-order valence-corrected chi connectivity index (χ0v) is 11.1. The Morgan fingerprint density at radius 1 is 1.25 bits per heavy atom. The molecule has 16 heavy (non-hydrogen) atoms. The van der Waals surface area contributed by atoms with Crippen LogP contribution in [0.25, 0.3) is 0 Å². The molecule has 0 bridgehead atoms. The number of hydrogen-bond acceptors (Lipinski definition) is 3. The Balaban J connectivity index is 2.31. The summed E-state index contributed by atoms with van der Waals surface area (Å²) in [6.45, 7) is 4.93. The lowest BCUT2D eigenvalue weighted by Crippen LogP contribution is -2.21. The van der Waals surface area contributed by atoms with E-state index in [1.165, 1.54) is 11.1 Å². The molecule has 90 valence electrons. The van der Waals surface area contributed by atoms with Crippen LogP contribution in [0.2, 0.25) is 0 Å². The zero-order valence-electron chi connectivity index (χ0n) is 10.3. The maximum Gasteiger partial charge on any atom is 0.0713 e. The van der Waals surface area contributed by atoms with E-state index in [0.29, 0.717) is 11.9 Å². The highest BCUT2D eigenvalue weighted by Gasteiger charge is 1.98. The van der Waals surface area contributed by atoms with Crippen molar-refractivity contribution in [3.8, 4) is 0 Å². The van der Waals surface area contributed by atoms with Gasteiger partial charge in [0.05, 0.1) is 6.61 Å². The van der Waals surface area contributed by atoms with Crippen LogP contribution in [-0.4, -0.2) is 25.2 Å². The molecule has 1 unspecified atom stereocenters. The second kappa shape index (κ2) is 7.71. The zero-order chi connectivity index (χ0) is 11.8. The van der Waals surface area contributed by atoms with Crippen molar-refractivity contribution in [2.45, 2.75) is 25.3 Å². The Morgan fingerprint density at radius 2 is 1.88 bits per heavy atom. The number of nitrogens with one attached hydrogen (secondary N) is 1. The van der Waals surface area contributed by atoms with Gasteiger partial charge in [0, 0.05) is 25.4 Å². The molecule has 0 saturated carbocycles. The molecule has 0 saturated heterocycles. The van der Waals surface area contributed by atoms with E-state index >= 15 is 0 Å². The van der Waals surface area contributed by atoms with Gasteiger partial charge in [0.15, 0.2) is 0 Å². The largest absolute Gasteiger partial charge is 0.380 e. The van der Waals surface area contributed by atoms with Crippen molar-refractivity contribution in [3.63, 3.8) is 0 Å². The summed E-state index contributed by atoms with van der Waals surface area (Å²) in [6, 6.07) is 8.56. The van der Waals surface area contributed by atoms with E-state index in [0.717, 1.165) is 13.1 Å². The average molecular weight is 239 g/mol. The van der Waals surface area contributed by atoms with Crippen LogP contribution < -0.4 is 5.32 Å². The summed E-state index contributed by atoms with van der Waals surface area (Å²) >= 11 is 1.89. The molecule has 1 aromatic carbocycles. The van der Waals surface area contributed by atoms with Crippen molar-refractivity contribution in [1.29, 1.82) is 0 Å². The third kappa shape index (κ3) is 5.01. The molecule has 1 N–H and O–H groups in total. The fraction of sp³-hybridized carbons (Fsp3) is 0.538. The molecule has 0 amide bonds. The van der Waals surface area contributed by atoms with E-state index in [1.807, 2.05) is 11.8 Å². The number of benzene rings is 1. The van der Waals surface area contributed by atoms with E-state index in [4.69, 9.17) is 4.74 Å². The smallest absolute Gasteiger partial charge is 0.0713 e. The fourth-order valence-electron chi connectivity index (χ4n) is 1.42. The van der Waals surface area contributed by atoms with Crippen LogP contribution in [-0.2, 0) is 17.9 Å². The number of ether oxygens (including phenoxy) is 1. The number of thioether (sulfide) groups is 1. The first kappa shape index (κ1) is 13.6. The van der Waals surface area contributed by atoms with Gasteiger partial charge in [-0.25, -0.2) is 0 Å². The van der Waals surface area contributed by atoms with Crippen molar-refractivity contribution in [3.05, 3.63) is 35.4 Å². The number of hydrogen-bond donors (Lipinski definition) is 1. The van der Waals surface area contributed by atoms with Crippen LogP contribution in [0.1, 0.15) is 18.1 Å². The Hall–Kier alpha value is -0.510. The molecule has 1 rings (SSSR count). The standard InChI is InChI=1S/C13H21NOS/c1-11(16-3)8-14-9-12-4-6-13(7-5-12)10-15-2/h4-7,11,14H,8-10H2,1-3H3. The topological polar surface area (TPSA) is 21.3 Å². The summed E-state index contributed by atoms with van der Waals surface area (Å²) in [5, 5.41) is 4.13. The normalized spacial score (nSPS) is 12.7. The summed E-state index contributed by atoms with van der Waals surface area (Å²) in [5.74, 6) is 0. The predicted molar refractivity (Wildman–Crippen MR) is 71.8 cm³/mol. The summed E-state index contributed by atoms with van der Waals surface area (Å²) < 4.78 is 5.08.